The van der Waals surface area contributed by atoms with Gasteiger partial charge in [0.1, 0.15) is 0 Å². The second-order valence-electron chi connectivity index (χ2n) is 3.87. The van der Waals surface area contributed by atoms with Crippen molar-refractivity contribution in [1.29, 1.82) is 0 Å². The van der Waals surface area contributed by atoms with Crippen LogP contribution in [0.25, 0.3) is 0 Å². The number of hydrogen-bond donors (Lipinski definition) is 1. The topological polar surface area (TPSA) is 23.5 Å². The SMILES string of the molecule is CC(C)=CCN1CC[C@@H](O)[C@@H]1C. The molecule has 0 unspecified atom stereocenters. The van der Waals surface area contributed by atoms with E-state index in [4.69, 9.17) is 0 Å². The number of likely N-dealkylation sites (tertiary alicyclic amines) is 1. The average Bonchev–Trinajstić information content (AvgIpc) is 2.30. The van der Waals surface area contributed by atoms with E-state index in [-0.39, 0.29) is 6.10 Å². The van der Waals surface area contributed by atoms with Gasteiger partial charge in [0, 0.05) is 19.1 Å². The molecule has 0 aromatic rings. The van der Waals surface area contributed by atoms with E-state index in [1.807, 2.05) is 0 Å². The second kappa shape index (κ2) is 4.06. The highest BCUT2D eigenvalue weighted by molar-refractivity contribution is 4.97. The molecule has 0 amide bonds. The van der Waals surface area contributed by atoms with Gasteiger partial charge in [-0.3, -0.25) is 4.90 Å². The van der Waals surface area contributed by atoms with Gasteiger partial charge in [-0.05, 0) is 27.2 Å². The number of nitrogens with zero attached hydrogens (tertiary/aromatic N) is 1. The van der Waals surface area contributed by atoms with Crippen LogP contribution < -0.4 is 0 Å². The molecule has 1 aliphatic heterocycles. The molecule has 2 heteroatoms. The maximum atomic E-state index is 9.47. The summed E-state index contributed by atoms with van der Waals surface area (Å²) in [5.74, 6) is 0. The molecule has 0 saturated carbocycles. The van der Waals surface area contributed by atoms with Gasteiger partial charge < -0.3 is 5.11 Å². The molecule has 1 saturated heterocycles. The van der Waals surface area contributed by atoms with Gasteiger partial charge in [-0.1, -0.05) is 11.6 Å². The van der Waals surface area contributed by atoms with E-state index < -0.39 is 0 Å². The Kier molecular flexibility index (Phi) is 3.29. The average molecular weight is 169 g/mol. The van der Waals surface area contributed by atoms with E-state index in [1.54, 1.807) is 0 Å². The summed E-state index contributed by atoms with van der Waals surface area (Å²) in [6, 6.07) is 0.334. The molecule has 0 aliphatic carbocycles. The highest BCUT2D eigenvalue weighted by Gasteiger charge is 2.27. The number of aliphatic hydroxyl groups is 1. The number of rotatable bonds is 2. The molecule has 12 heavy (non-hydrogen) atoms. The van der Waals surface area contributed by atoms with Crippen molar-refractivity contribution in [3.63, 3.8) is 0 Å². The lowest BCUT2D eigenvalue weighted by Gasteiger charge is -2.20. The lowest BCUT2D eigenvalue weighted by Crippen LogP contribution is -2.32. The van der Waals surface area contributed by atoms with Crippen molar-refractivity contribution in [2.24, 2.45) is 0 Å². The van der Waals surface area contributed by atoms with Crippen LogP contribution in [0.3, 0.4) is 0 Å². The van der Waals surface area contributed by atoms with Crippen molar-refractivity contribution >= 4 is 0 Å². The minimum absolute atomic E-state index is 0.115. The van der Waals surface area contributed by atoms with Crippen molar-refractivity contribution in [3.05, 3.63) is 11.6 Å². The molecule has 1 aliphatic rings. The van der Waals surface area contributed by atoms with Crippen molar-refractivity contribution in [2.45, 2.75) is 39.3 Å². The molecule has 0 bridgehead atoms. The zero-order chi connectivity index (χ0) is 9.14. The summed E-state index contributed by atoms with van der Waals surface area (Å²) < 4.78 is 0. The van der Waals surface area contributed by atoms with Crippen molar-refractivity contribution in [3.8, 4) is 0 Å². The Balaban J connectivity index is 2.39. The van der Waals surface area contributed by atoms with Gasteiger partial charge >= 0.3 is 0 Å². The van der Waals surface area contributed by atoms with E-state index in [2.05, 4.69) is 31.7 Å². The van der Waals surface area contributed by atoms with Crippen LogP contribution >= 0.6 is 0 Å². The Hall–Kier alpha value is -0.340. The Morgan fingerprint density at radius 3 is 2.67 bits per heavy atom. The molecular weight excluding hydrogens is 150 g/mol. The van der Waals surface area contributed by atoms with E-state index in [1.165, 1.54) is 5.57 Å². The molecule has 1 rings (SSSR count). The van der Waals surface area contributed by atoms with Crippen LogP contribution in [0.5, 0.6) is 0 Å². The summed E-state index contributed by atoms with van der Waals surface area (Å²) in [4.78, 5) is 2.32. The van der Waals surface area contributed by atoms with Crippen LogP contribution in [-0.2, 0) is 0 Å². The van der Waals surface area contributed by atoms with Crippen molar-refractivity contribution < 1.29 is 5.11 Å². The summed E-state index contributed by atoms with van der Waals surface area (Å²) in [6.45, 7) is 8.33. The molecule has 70 valence electrons. The van der Waals surface area contributed by atoms with Crippen LogP contribution in [0.1, 0.15) is 27.2 Å². The first-order chi connectivity index (χ1) is 5.61. The van der Waals surface area contributed by atoms with Gasteiger partial charge in [0.15, 0.2) is 0 Å². The van der Waals surface area contributed by atoms with Crippen LogP contribution in [0.15, 0.2) is 11.6 Å². The molecule has 0 aromatic carbocycles. The van der Waals surface area contributed by atoms with E-state index in [0.717, 1.165) is 19.5 Å². The Morgan fingerprint density at radius 1 is 1.58 bits per heavy atom. The van der Waals surface area contributed by atoms with Gasteiger partial charge in [-0.15, -0.1) is 0 Å². The van der Waals surface area contributed by atoms with Crippen LogP contribution in [0, 0.1) is 0 Å². The molecule has 2 atom stereocenters. The maximum absolute atomic E-state index is 9.47. The summed E-state index contributed by atoms with van der Waals surface area (Å²) in [6.07, 6.45) is 3.03. The predicted molar refractivity (Wildman–Crippen MR) is 51.1 cm³/mol. The zero-order valence-corrected chi connectivity index (χ0v) is 8.25. The largest absolute Gasteiger partial charge is 0.391 e. The lowest BCUT2D eigenvalue weighted by molar-refractivity contribution is 0.131. The summed E-state index contributed by atoms with van der Waals surface area (Å²) in [5.41, 5.74) is 1.35. The van der Waals surface area contributed by atoms with Gasteiger partial charge in [0.25, 0.3) is 0 Å². The molecule has 1 fully saturated rings. The lowest BCUT2D eigenvalue weighted by atomic mass is 10.2. The highest BCUT2D eigenvalue weighted by Crippen LogP contribution is 2.16. The van der Waals surface area contributed by atoms with Crippen molar-refractivity contribution in [1.82, 2.24) is 4.90 Å². The quantitative estimate of drug-likeness (QED) is 0.632. The van der Waals surface area contributed by atoms with Crippen LogP contribution in [-0.4, -0.2) is 35.2 Å². The standard InChI is InChI=1S/C10H19NO/c1-8(2)4-6-11-7-5-10(12)9(11)3/h4,9-10,12H,5-7H2,1-3H3/t9-,10+/m0/s1. The van der Waals surface area contributed by atoms with Gasteiger partial charge in [-0.25, -0.2) is 0 Å². The smallest absolute Gasteiger partial charge is 0.0705 e. The molecule has 0 spiro atoms. The molecule has 0 aromatic heterocycles. The number of aliphatic hydroxyl groups excluding tert-OH is 1. The molecular formula is C10H19NO. The third-order valence-corrected chi connectivity index (χ3v) is 2.58. The summed E-state index contributed by atoms with van der Waals surface area (Å²) in [7, 11) is 0. The van der Waals surface area contributed by atoms with Gasteiger partial charge in [-0.2, -0.15) is 0 Å². The third-order valence-electron chi connectivity index (χ3n) is 2.58. The van der Waals surface area contributed by atoms with Crippen molar-refractivity contribution in [2.75, 3.05) is 13.1 Å². The first-order valence-corrected chi connectivity index (χ1v) is 4.66. The van der Waals surface area contributed by atoms with Crippen LogP contribution in [0.2, 0.25) is 0 Å². The van der Waals surface area contributed by atoms with E-state index in [9.17, 15) is 5.11 Å². The highest BCUT2D eigenvalue weighted by atomic mass is 16.3. The van der Waals surface area contributed by atoms with E-state index >= 15 is 0 Å². The van der Waals surface area contributed by atoms with Gasteiger partial charge in [0.05, 0.1) is 6.10 Å². The maximum Gasteiger partial charge on any atom is 0.0705 e. The molecule has 1 N–H and O–H groups in total. The third kappa shape index (κ3) is 2.32. The summed E-state index contributed by atoms with van der Waals surface area (Å²) >= 11 is 0. The predicted octanol–water partition coefficient (Wildman–Crippen LogP) is 1.41. The Morgan fingerprint density at radius 2 is 2.25 bits per heavy atom. The second-order valence-corrected chi connectivity index (χ2v) is 3.87. The van der Waals surface area contributed by atoms with Gasteiger partial charge in [0.2, 0.25) is 0 Å². The minimum Gasteiger partial charge on any atom is -0.391 e. The minimum atomic E-state index is -0.115. The monoisotopic (exact) mass is 169 g/mol. The normalized spacial score (nSPS) is 30.7. The summed E-state index contributed by atoms with van der Waals surface area (Å²) in [5, 5.41) is 9.47. The number of allylic oxidation sites excluding steroid dienone is 1. The molecule has 2 nitrogen and oxygen atoms in total. The fourth-order valence-corrected chi connectivity index (χ4v) is 1.54. The molecule has 0 radical (unpaired) electrons. The zero-order valence-electron chi connectivity index (χ0n) is 8.25. The molecule has 1 heterocycles. The van der Waals surface area contributed by atoms with Crippen LogP contribution in [0.4, 0.5) is 0 Å². The Bertz CT molecular complexity index is 173. The fourth-order valence-electron chi connectivity index (χ4n) is 1.54. The van der Waals surface area contributed by atoms with E-state index in [0.29, 0.717) is 6.04 Å². The number of hydrogen-bond acceptors (Lipinski definition) is 2. The first-order valence-electron chi connectivity index (χ1n) is 4.66. The first kappa shape index (κ1) is 9.75. The fraction of sp³-hybridized carbons (Fsp3) is 0.800. The Labute approximate surface area is 74.9 Å².